The molecule has 11 nitrogen and oxygen atoms in total. The summed E-state index contributed by atoms with van der Waals surface area (Å²) in [6, 6.07) is 6.28. The number of hydrogen-bond donors (Lipinski definition) is 3. The molecule has 0 fully saturated rings. The average Bonchev–Trinajstić information content (AvgIpc) is 3.05. The standard InChI is InChI=1S/C15H12FN7O4/c1-8-6-11(22-27-8)19-13-12(23(25)26)14(18-7-17-13)20-21-15(24)9-2-4-10(16)5-3-9/h2-7H,1H3,(H,21,24)(H2,17,18,19,20,22). The molecule has 1 aromatic carbocycles. The van der Waals surface area contributed by atoms with Crippen LogP contribution in [-0.4, -0.2) is 26.0 Å². The summed E-state index contributed by atoms with van der Waals surface area (Å²) in [6.45, 7) is 1.66. The summed E-state index contributed by atoms with van der Waals surface area (Å²) in [5.41, 5.74) is 4.26. The van der Waals surface area contributed by atoms with Gasteiger partial charge in [-0.25, -0.2) is 14.4 Å². The quantitative estimate of drug-likeness (QED) is 0.437. The Bertz CT molecular complexity index is 990. The number of carbonyl (C=O) groups excluding carboxylic acids is 1. The van der Waals surface area contributed by atoms with E-state index < -0.39 is 22.3 Å². The van der Waals surface area contributed by atoms with E-state index in [2.05, 4.69) is 31.3 Å². The predicted molar refractivity (Wildman–Crippen MR) is 90.7 cm³/mol. The topological polar surface area (TPSA) is 148 Å². The third-order valence-corrected chi connectivity index (χ3v) is 3.28. The second-order valence-electron chi connectivity index (χ2n) is 5.21. The second kappa shape index (κ2) is 7.43. The van der Waals surface area contributed by atoms with E-state index in [9.17, 15) is 19.3 Å². The molecule has 0 radical (unpaired) electrons. The van der Waals surface area contributed by atoms with Gasteiger partial charge in [0, 0.05) is 11.6 Å². The highest BCUT2D eigenvalue weighted by Crippen LogP contribution is 2.30. The minimum absolute atomic E-state index is 0.150. The second-order valence-corrected chi connectivity index (χ2v) is 5.21. The number of hydrogen-bond acceptors (Lipinski definition) is 9. The Morgan fingerprint density at radius 1 is 1.22 bits per heavy atom. The summed E-state index contributed by atoms with van der Waals surface area (Å²) in [4.78, 5) is 30.3. The molecule has 0 atom stereocenters. The molecule has 12 heteroatoms. The fourth-order valence-electron chi connectivity index (χ4n) is 2.07. The van der Waals surface area contributed by atoms with Gasteiger partial charge < -0.3 is 9.84 Å². The van der Waals surface area contributed by atoms with E-state index in [0.29, 0.717) is 5.76 Å². The largest absolute Gasteiger partial charge is 0.360 e. The van der Waals surface area contributed by atoms with E-state index in [4.69, 9.17) is 4.52 Å². The molecule has 3 rings (SSSR count). The van der Waals surface area contributed by atoms with Gasteiger partial charge in [-0.3, -0.25) is 25.8 Å². The number of aromatic nitrogens is 3. The van der Waals surface area contributed by atoms with Crippen LogP contribution in [0.1, 0.15) is 16.1 Å². The first-order chi connectivity index (χ1) is 12.9. The molecule has 0 aliphatic rings. The van der Waals surface area contributed by atoms with Crippen LogP contribution in [0.15, 0.2) is 41.2 Å². The lowest BCUT2D eigenvalue weighted by Gasteiger charge is -2.10. The van der Waals surface area contributed by atoms with Gasteiger partial charge in [-0.1, -0.05) is 5.16 Å². The summed E-state index contributed by atoms with van der Waals surface area (Å²) < 4.78 is 17.8. The Balaban J connectivity index is 1.80. The van der Waals surface area contributed by atoms with Crippen LogP contribution in [0.3, 0.4) is 0 Å². The lowest BCUT2D eigenvalue weighted by molar-refractivity contribution is -0.383. The Morgan fingerprint density at radius 3 is 2.56 bits per heavy atom. The minimum atomic E-state index is -0.721. The van der Waals surface area contributed by atoms with Crippen molar-refractivity contribution < 1.29 is 18.6 Å². The third kappa shape index (κ3) is 4.12. The number of hydrazine groups is 1. The van der Waals surface area contributed by atoms with Gasteiger partial charge in [0.05, 0.1) is 4.92 Å². The maximum atomic E-state index is 12.9. The highest BCUT2D eigenvalue weighted by Gasteiger charge is 2.24. The van der Waals surface area contributed by atoms with Crippen molar-refractivity contribution in [1.82, 2.24) is 20.6 Å². The molecule has 0 aliphatic carbocycles. The Labute approximate surface area is 150 Å². The molecule has 3 aromatic rings. The van der Waals surface area contributed by atoms with Crippen LogP contribution in [0.2, 0.25) is 0 Å². The molecular weight excluding hydrogens is 361 g/mol. The van der Waals surface area contributed by atoms with Crippen LogP contribution in [0.25, 0.3) is 0 Å². The number of anilines is 3. The number of rotatable bonds is 6. The normalized spacial score (nSPS) is 10.3. The van der Waals surface area contributed by atoms with Gasteiger partial charge in [0.2, 0.25) is 11.6 Å². The molecule has 0 saturated heterocycles. The van der Waals surface area contributed by atoms with E-state index >= 15 is 0 Å². The van der Waals surface area contributed by atoms with Crippen molar-refractivity contribution in [2.75, 3.05) is 10.7 Å². The van der Waals surface area contributed by atoms with Gasteiger partial charge in [-0.2, -0.15) is 0 Å². The number of carbonyl (C=O) groups is 1. The summed E-state index contributed by atoms with van der Waals surface area (Å²) in [5, 5.41) is 17.8. The first-order valence-corrected chi connectivity index (χ1v) is 7.45. The molecule has 2 heterocycles. The molecule has 1 amide bonds. The van der Waals surface area contributed by atoms with E-state index in [1.54, 1.807) is 6.92 Å². The Kier molecular flexibility index (Phi) is 4.88. The van der Waals surface area contributed by atoms with Crippen LogP contribution in [0.5, 0.6) is 0 Å². The number of amides is 1. The van der Waals surface area contributed by atoms with Crippen LogP contribution in [0.4, 0.5) is 27.5 Å². The maximum absolute atomic E-state index is 12.9. The fourth-order valence-corrected chi connectivity index (χ4v) is 2.07. The zero-order chi connectivity index (χ0) is 19.4. The smallest absolute Gasteiger partial charge is 0.355 e. The number of benzene rings is 1. The SMILES string of the molecule is Cc1cc(Nc2ncnc(NNC(=O)c3ccc(F)cc3)c2[N+](=O)[O-])no1. The first-order valence-electron chi connectivity index (χ1n) is 7.45. The predicted octanol–water partition coefficient (Wildman–Crippen LogP) is 2.32. The highest BCUT2D eigenvalue weighted by molar-refractivity contribution is 5.95. The van der Waals surface area contributed by atoms with Crippen molar-refractivity contribution in [2.45, 2.75) is 6.92 Å². The molecular formula is C15H12FN7O4. The van der Waals surface area contributed by atoms with Crippen molar-refractivity contribution in [3.05, 3.63) is 63.9 Å². The summed E-state index contributed by atoms with van der Waals surface area (Å²) in [7, 11) is 0. The lowest BCUT2D eigenvalue weighted by atomic mass is 10.2. The number of nitrogens with zero attached hydrogens (tertiary/aromatic N) is 4. The molecule has 0 bridgehead atoms. The molecule has 0 spiro atoms. The number of halogens is 1. The molecule has 0 aliphatic heterocycles. The van der Waals surface area contributed by atoms with Gasteiger partial charge in [0.15, 0.2) is 5.82 Å². The van der Waals surface area contributed by atoms with Gasteiger partial charge in [-0.05, 0) is 31.2 Å². The third-order valence-electron chi connectivity index (χ3n) is 3.28. The van der Waals surface area contributed by atoms with Crippen LogP contribution in [0, 0.1) is 22.9 Å². The zero-order valence-corrected chi connectivity index (χ0v) is 13.8. The summed E-state index contributed by atoms with van der Waals surface area (Å²) >= 11 is 0. The monoisotopic (exact) mass is 373 g/mol. The van der Waals surface area contributed by atoms with Crippen molar-refractivity contribution in [3.63, 3.8) is 0 Å². The number of nitrogens with one attached hydrogen (secondary N) is 3. The van der Waals surface area contributed by atoms with Gasteiger partial charge in [-0.15, -0.1) is 0 Å². The van der Waals surface area contributed by atoms with E-state index in [-0.39, 0.29) is 23.0 Å². The Morgan fingerprint density at radius 2 is 1.93 bits per heavy atom. The van der Waals surface area contributed by atoms with Gasteiger partial charge >= 0.3 is 5.69 Å². The lowest BCUT2D eigenvalue weighted by Crippen LogP contribution is -2.30. The molecule has 138 valence electrons. The molecule has 0 unspecified atom stereocenters. The van der Waals surface area contributed by atoms with Crippen molar-refractivity contribution in [2.24, 2.45) is 0 Å². The number of aryl methyl sites for hydroxylation is 1. The molecule has 2 aromatic heterocycles. The summed E-state index contributed by atoms with van der Waals surface area (Å²) in [6.07, 6.45) is 1.06. The van der Waals surface area contributed by atoms with Gasteiger partial charge in [0.1, 0.15) is 17.9 Å². The maximum Gasteiger partial charge on any atom is 0.355 e. The van der Waals surface area contributed by atoms with Gasteiger partial charge in [0.25, 0.3) is 5.91 Å². The number of nitro groups is 1. The molecule has 27 heavy (non-hydrogen) atoms. The first kappa shape index (κ1) is 17.7. The highest BCUT2D eigenvalue weighted by atomic mass is 19.1. The van der Waals surface area contributed by atoms with Crippen LogP contribution in [-0.2, 0) is 0 Å². The zero-order valence-electron chi connectivity index (χ0n) is 13.8. The molecule has 3 N–H and O–H groups in total. The minimum Gasteiger partial charge on any atom is -0.360 e. The Hall–Kier alpha value is -4.09. The van der Waals surface area contributed by atoms with E-state index in [0.717, 1.165) is 18.5 Å². The fraction of sp³-hybridized carbons (Fsp3) is 0.0667. The van der Waals surface area contributed by atoms with Crippen molar-refractivity contribution in [1.29, 1.82) is 0 Å². The van der Waals surface area contributed by atoms with Crippen molar-refractivity contribution >= 4 is 29.0 Å². The molecule has 0 saturated carbocycles. The van der Waals surface area contributed by atoms with E-state index in [1.165, 1.54) is 18.2 Å². The van der Waals surface area contributed by atoms with Crippen molar-refractivity contribution in [3.8, 4) is 0 Å². The average molecular weight is 373 g/mol. The van der Waals surface area contributed by atoms with E-state index in [1.807, 2.05) is 0 Å². The van der Waals surface area contributed by atoms with Crippen LogP contribution < -0.4 is 16.2 Å². The summed E-state index contributed by atoms with van der Waals surface area (Å²) in [5.74, 6) is -0.820. The van der Waals surface area contributed by atoms with Crippen LogP contribution >= 0.6 is 0 Å².